The highest BCUT2D eigenvalue weighted by molar-refractivity contribution is 7.80. The van der Waals surface area contributed by atoms with Crippen molar-refractivity contribution in [3.05, 3.63) is 46.8 Å². The number of nitrogens with one attached hydrogen (secondary N) is 1. The van der Waals surface area contributed by atoms with Crippen molar-refractivity contribution in [3.63, 3.8) is 0 Å². The van der Waals surface area contributed by atoms with Crippen molar-refractivity contribution >= 4 is 17.3 Å². The molecule has 0 bridgehead atoms. The van der Waals surface area contributed by atoms with Gasteiger partial charge in [-0.15, -0.1) is 0 Å². The molecule has 0 spiro atoms. The van der Waals surface area contributed by atoms with Gasteiger partial charge in [0.25, 0.3) is 0 Å². The van der Waals surface area contributed by atoms with Crippen molar-refractivity contribution in [2.24, 2.45) is 0 Å². The molecule has 0 aliphatic heterocycles. The van der Waals surface area contributed by atoms with Crippen molar-refractivity contribution in [3.8, 4) is 5.69 Å². The molecule has 0 atom stereocenters. The Kier molecular flexibility index (Phi) is 4.39. The van der Waals surface area contributed by atoms with Crippen LogP contribution in [0.4, 0.5) is 0 Å². The molecule has 0 unspecified atom stereocenters. The summed E-state index contributed by atoms with van der Waals surface area (Å²) in [5.74, 6) is 0. The van der Waals surface area contributed by atoms with Crippen LogP contribution in [0.15, 0.2) is 24.3 Å². The molecule has 3 rings (SSSR count). The lowest BCUT2D eigenvalue weighted by atomic mass is 10.1. The fourth-order valence-corrected chi connectivity index (χ4v) is 2.99. The summed E-state index contributed by atoms with van der Waals surface area (Å²) in [5, 5.41) is 8.97. The summed E-state index contributed by atoms with van der Waals surface area (Å²) in [6, 6.07) is 8.93. The van der Waals surface area contributed by atoms with Gasteiger partial charge in [0.1, 0.15) is 0 Å². The Morgan fingerprint density at radius 2 is 2.00 bits per heavy atom. The summed E-state index contributed by atoms with van der Waals surface area (Å²) in [7, 11) is 2.04. The van der Waals surface area contributed by atoms with E-state index < -0.39 is 0 Å². The third kappa shape index (κ3) is 3.39. The van der Waals surface area contributed by atoms with Crippen LogP contribution in [0, 0.1) is 20.8 Å². The third-order valence-electron chi connectivity index (χ3n) is 4.43. The van der Waals surface area contributed by atoms with E-state index in [1.54, 1.807) is 0 Å². The number of para-hydroxylation sites is 1. The van der Waals surface area contributed by atoms with Gasteiger partial charge in [0.05, 0.1) is 11.4 Å². The van der Waals surface area contributed by atoms with E-state index in [0.717, 1.165) is 23.0 Å². The van der Waals surface area contributed by atoms with Crippen molar-refractivity contribution < 1.29 is 0 Å². The molecule has 1 saturated carbocycles. The molecular formula is C18H24N4S. The molecule has 23 heavy (non-hydrogen) atoms. The van der Waals surface area contributed by atoms with E-state index in [4.69, 9.17) is 17.3 Å². The zero-order valence-corrected chi connectivity index (χ0v) is 15.1. The van der Waals surface area contributed by atoms with Gasteiger partial charge in [0.2, 0.25) is 0 Å². The van der Waals surface area contributed by atoms with E-state index in [1.165, 1.54) is 29.7 Å². The van der Waals surface area contributed by atoms with Crippen molar-refractivity contribution in [1.82, 2.24) is 20.0 Å². The SMILES string of the molecule is Cc1ccccc1-n1nc(C)c(CN(C)C(=S)NC2CC2)c1C. The molecule has 1 aromatic carbocycles. The molecular weight excluding hydrogens is 304 g/mol. The maximum absolute atomic E-state index is 5.49. The maximum atomic E-state index is 5.49. The first-order valence-electron chi connectivity index (χ1n) is 8.10. The quantitative estimate of drug-likeness (QED) is 0.873. The molecule has 1 fully saturated rings. The van der Waals surface area contributed by atoms with E-state index in [9.17, 15) is 0 Å². The minimum absolute atomic E-state index is 0.585. The molecule has 2 aromatic rings. The summed E-state index contributed by atoms with van der Waals surface area (Å²) in [6.45, 7) is 7.10. The number of hydrogen-bond donors (Lipinski definition) is 1. The molecule has 122 valence electrons. The van der Waals surface area contributed by atoms with Gasteiger partial charge in [-0.2, -0.15) is 5.10 Å². The molecule has 1 aliphatic rings. The van der Waals surface area contributed by atoms with Crippen molar-refractivity contribution in [1.29, 1.82) is 0 Å². The lowest BCUT2D eigenvalue weighted by molar-refractivity contribution is 0.485. The Balaban J connectivity index is 1.83. The summed E-state index contributed by atoms with van der Waals surface area (Å²) < 4.78 is 2.05. The van der Waals surface area contributed by atoms with Crippen LogP contribution in [0.25, 0.3) is 5.69 Å². The lowest BCUT2D eigenvalue weighted by Gasteiger charge is -2.21. The summed E-state index contributed by atoms with van der Waals surface area (Å²) >= 11 is 5.49. The summed E-state index contributed by atoms with van der Waals surface area (Å²) in [4.78, 5) is 2.10. The van der Waals surface area contributed by atoms with Gasteiger partial charge in [-0.1, -0.05) is 18.2 Å². The second-order valence-corrected chi connectivity index (χ2v) is 6.81. The van der Waals surface area contributed by atoms with Gasteiger partial charge >= 0.3 is 0 Å². The Morgan fingerprint density at radius 3 is 2.65 bits per heavy atom. The van der Waals surface area contributed by atoms with Gasteiger partial charge in [0, 0.05) is 30.9 Å². The van der Waals surface area contributed by atoms with Crippen molar-refractivity contribution in [2.75, 3.05) is 7.05 Å². The third-order valence-corrected chi connectivity index (χ3v) is 4.86. The molecule has 1 aromatic heterocycles. The minimum atomic E-state index is 0.585. The molecule has 5 heteroatoms. The zero-order chi connectivity index (χ0) is 16.6. The molecule has 1 aliphatic carbocycles. The van der Waals surface area contributed by atoms with Gasteiger partial charge in [-0.3, -0.25) is 0 Å². The number of aromatic nitrogens is 2. The molecule has 1 heterocycles. The van der Waals surface area contributed by atoms with Crippen LogP contribution < -0.4 is 5.32 Å². The Hall–Kier alpha value is -1.88. The van der Waals surface area contributed by atoms with Crippen LogP contribution in [0.5, 0.6) is 0 Å². The van der Waals surface area contributed by atoms with E-state index in [1.807, 2.05) is 11.7 Å². The first-order chi connectivity index (χ1) is 11.0. The highest BCUT2D eigenvalue weighted by Crippen LogP contribution is 2.22. The molecule has 0 radical (unpaired) electrons. The van der Waals surface area contributed by atoms with Gasteiger partial charge in [-0.25, -0.2) is 4.68 Å². The molecule has 0 amide bonds. The van der Waals surface area contributed by atoms with E-state index in [2.05, 4.69) is 55.3 Å². The minimum Gasteiger partial charge on any atom is -0.360 e. The number of rotatable bonds is 4. The number of hydrogen-bond acceptors (Lipinski definition) is 2. The van der Waals surface area contributed by atoms with E-state index >= 15 is 0 Å². The second kappa shape index (κ2) is 6.32. The van der Waals surface area contributed by atoms with Crippen molar-refractivity contribution in [2.45, 2.75) is 46.2 Å². The Morgan fingerprint density at radius 1 is 1.30 bits per heavy atom. The van der Waals surface area contributed by atoms with Gasteiger partial charge in [0.15, 0.2) is 5.11 Å². The monoisotopic (exact) mass is 328 g/mol. The lowest BCUT2D eigenvalue weighted by Crippen LogP contribution is -2.37. The predicted octanol–water partition coefficient (Wildman–Crippen LogP) is 3.27. The highest BCUT2D eigenvalue weighted by Gasteiger charge is 2.23. The van der Waals surface area contributed by atoms with Crippen LogP contribution in [-0.4, -0.2) is 32.9 Å². The van der Waals surface area contributed by atoms with Crippen LogP contribution >= 0.6 is 12.2 Å². The van der Waals surface area contributed by atoms with Crippen LogP contribution in [0.3, 0.4) is 0 Å². The average Bonchev–Trinajstić information content (AvgIpc) is 3.29. The topological polar surface area (TPSA) is 33.1 Å². The van der Waals surface area contributed by atoms with Crippen LogP contribution in [0.2, 0.25) is 0 Å². The Bertz CT molecular complexity index is 731. The predicted molar refractivity (Wildman–Crippen MR) is 98.0 cm³/mol. The maximum Gasteiger partial charge on any atom is 0.169 e. The molecule has 0 saturated heterocycles. The second-order valence-electron chi connectivity index (χ2n) is 6.43. The fraction of sp³-hybridized carbons (Fsp3) is 0.444. The van der Waals surface area contributed by atoms with E-state index in [-0.39, 0.29) is 0 Å². The smallest absolute Gasteiger partial charge is 0.169 e. The first-order valence-corrected chi connectivity index (χ1v) is 8.51. The average molecular weight is 328 g/mol. The van der Waals surface area contributed by atoms with Gasteiger partial charge < -0.3 is 10.2 Å². The normalized spacial score (nSPS) is 13.9. The Labute approximate surface area is 143 Å². The largest absolute Gasteiger partial charge is 0.360 e. The van der Waals surface area contributed by atoms with Crippen LogP contribution in [-0.2, 0) is 6.54 Å². The molecule has 4 nitrogen and oxygen atoms in total. The number of thiocarbonyl (C=S) groups is 1. The van der Waals surface area contributed by atoms with E-state index in [0.29, 0.717) is 6.04 Å². The number of benzene rings is 1. The summed E-state index contributed by atoms with van der Waals surface area (Å²) in [6.07, 6.45) is 2.47. The number of nitrogens with zero attached hydrogens (tertiary/aromatic N) is 3. The fourth-order valence-electron chi connectivity index (χ4n) is 2.76. The molecule has 1 N–H and O–H groups in total. The highest BCUT2D eigenvalue weighted by atomic mass is 32.1. The van der Waals surface area contributed by atoms with Crippen LogP contribution in [0.1, 0.15) is 35.4 Å². The number of aryl methyl sites for hydroxylation is 2. The zero-order valence-electron chi connectivity index (χ0n) is 14.3. The van der Waals surface area contributed by atoms with Gasteiger partial charge in [-0.05, 0) is 57.5 Å². The standard InChI is InChI=1S/C18H24N4S/c1-12-7-5-6-8-17(12)22-14(3)16(13(2)20-22)11-21(4)18(23)19-15-9-10-15/h5-8,15H,9-11H2,1-4H3,(H,19,23). The summed E-state index contributed by atoms with van der Waals surface area (Å²) in [5.41, 5.74) is 5.85. The first kappa shape index (κ1) is 16.0.